The topological polar surface area (TPSA) is 58.6 Å². The largest absolute Gasteiger partial charge is 0.493 e. The lowest BCUT2D eigenvalue weighted by Crippen LogP contribution is -2.37. The highest BCUT2D eigenvalue weighted by Crippen LogP contribution is 2.27. The first-order valence-corrected chi connectivity index (χ1v) is 7.10. The lowest BCUT2D eigenvalue weighted by molar-refractivity contribution is -0.117. The molecule has 2 N–H and O–H groups in total. The molecule has 1 heterocycles. The number of carbonyl (C=O) groups excluding carboxylic acids is 1. The number of fused-ring (bicyclic) bond motifs is 1. The van der Waals surface area contributed by atoms with Crippen molar-refractivity contribution in [3.8, 4) is 5.75 Å². The number of hydrogen-bond acceptors (Lipinski definition) is 3. The van der Waals surface area contributed by atoms with E-state index < -0.39 is 0 Å². The summed E-state index contributed by atoms with van der Waals surface area (Å²) < 4.78 is 5.45. The van der Waals surface area contributed by atoms with Crippen LogP contribution in [0.5, 0.6) is 5.75 Å². The Hall–Kier alpha value is -1.81. The van der Waals surface area contributed by atoms with E-state index in [0.717, 1.165) is 37.2 Å². The van der Waals surface area contributed by atoms with Crippen LogP contribution in [-0.2, 0) is 11.2 Å². The van der Waals surface area contributed by atoms with Crippen LogP contribution >= 0.6 is 0 Å². The Balaban J connectivity index is 1.50. The molecule has 0 aromatic heterocycles. The zero-order valence-electron chi connectivity index (χ0n) is 11.3. The Bertz CT molecular complexity index is 533. The van der Waals surface area contributed by atoms with Crippen molar-refractivity contribution in [2.24, 2.45) is 5.92 Å². The summed E-state index contributed by atoms with van der Waals surface area (Å²) in [6.45, 7) is 1.40. The molecule has 3 rings (SSSR count). The van der Waals surface area contributed by atoms with Gasteiger partial charge in [0.2, 0.25) is 5.91 Å². The SMILES string of the molecule is O=C(C=Cc1ccc2c(c1)CCO2)NCC1CC(O)C1. The van der Waals surface area contributed by atoms with Gasteiger partial charge in [-0.2, -0.15) is 0 Å². The number of aliphatic hydroxyl groups excluding tert-OH is 1. The van der Waals surface area contributed by atoms with Gasteiger partial charge in [0.1, 0.15) is 5.75 Å². The van der Waals surface area contributed by atoms with Gasteiger partial charge in [-0.1, -0.05) is 6.07 Å². The summed E-state index contributed by atoms with van der Waals surface area (Å²) >= 11 is 0. The first-order chi connectivity index (χ1) is 9.70. The van der Waals surface area contributed by atoms with Crippen molar-refractivity contribution < 1.29 is 14.6 Å². The van der Waals surface area contributed by atoms with Gasteiger partial charge in [-0.3, -0.25) is 4.79 Å². The number of carbonyl (C=O) groups is 1. The lowest BCUT2D eigenvalue weighted by atomic mass is 9.82. The maximum absolute atomic E-state index is 11.7. The Labute approximate surface area is 118 Å². The predicted molar refractivity (Wildman–Crippen MR) is 76.4 cm³/mol. The number of hydrogen-bond donors (Lipinski definition) is 2. The van der Waals surface area contributed by atoms with E-state index in [0.29, 0.717) is 12.5 Å². The second-order valence-electron chi connectivity index (χ2n) is 5.54. The first kappa shape index (κ1) is 13.2. The summed E-state index contributed by atoms with van der Waals surface area (Å²) in [5.41, 5.74) is 2.22. The molecule has 0 radical (unpaired) electrons. The highest BCUT2D eigenvalue weighted by molar-refractivity contribution is 5.91. The van der Waals surface area contributed by atoms with Crippen molar-refractivity contribution >= 4 is 12.0 Å². The number of benzene rings is 1. The van der Waals surface area contributed by atoms with Crippen LogP contribution in [0.25, 0.3) is 6.08 Å². The third kappa shape index (κ3) is 3.02. The van der Waals surface area contributed by atoms with Gasteiger partial charge in [0.25, 0.3) is 0 Å². The molecule has 0 unspecified atom stereocenters. The molecule has 1 amide bonds. The molecule has 1 aromatic carbocycles. The van der Waals surface area contributed by atoms with Crippen molar-refractivity contribution in [2.45, 2.75) is 25.4 Å². The van der Waals surface area contributed by atoms with E-state index in [1.54, 1.807) is 6.08 Å². The third-order valence-electron chi connectivity index (χ3n) is 3.92. The number of amides is 1. The molecule has 2 aliphatic rings. The minimum absolute atomic E-state index is 0.0804. The summed E-state index contributed by atoms with van der Waals surface area (Å²) in [7, 11) is 0. The molecular weight excluding hydrogens is 254 g/mol. The summed E-state index contributed by atoms with van der Waals surface area (Å²) in [5, 5.41) is 12.0. The van der Waals surface area contributed by atoms with E-state index in [1.165, 1.54) is 5.56 Å². The fraction of sp³-hybridized carbons (Fsp3) is 0.438. The highest BCUT2D eigenvalue weighted by atomic mass is 16.5. The molecule has 4 nitrogen and oxygen atoms in total. The lowest BCUT2D eigenvalue weighted by Gasteiger charge is -2.31. The Morgan fingerprint density at radius 2 is 2.30 bits per heavy atom. The molecule has 0 atom stereocenters. The second kappa shape index (κ2) is 5.67. The van der Waals surface area contributed by atoms with Crippen molar-refractivity contribution in [2.75, 3.05) is 13.2 Å². The zero-order chi connectivity index (χ0) is 13.9. The van der Waals surface area contributed by atoms with E-state index in [1.807, 2.05) is 18.2 Å². The van der Waals surface area contributed by atoms with Crippen LogP contribution in [0.3, 0.4) is 0 Å². The summed E-state index contributed by atoms with van der Waals surface area (Å²) in [4.78, 5) is 11.7. The first-order valence-electron chi connectivity index (χ1n) is 7.10. The molecule has 1 fully saturated rings. The van der Waals surface area contributed by atoms with Crippen molar-refractivity contribution in [3.63, 3.8) is 0 Å². The number of aliphatic hydroxyl groups is 1. The maximum atomic E-state index is 11.7. The Morgan fingerprint density at radius 3 is 3.10 bits per heavy atom. The number of nitrogens with one attached hydrogen (secondary N) is 1. The van der Waals surface area contributed by atoms with Crippen LogP contribution < -0.4 is 10.1 Å². The standard InChI is InChI=1S/C16H19NO3/c18-14-8-12(9-14)10-17-16(19)4-2-11-1-3-15-13(7-11)5-6-20-15/h1-4,7,12,14,18H,5-6,8-10H2,(H,17,19). The fourth-order valence-corrected chi connectivity index (χ4v) is 2.65. The average Bonchev–Trinajstić information content (AvgIpc) is 2.87. The summed E-state index contributed by atoms with van der Waals surface area (Å²) in [6, 6.07) is 5.97. The van der Waals surface area contributed by atoms with E-state index in [2.05, 4.69) is 11.4 Å². The van der Waals surface area contributed by atoms with E-state index in [-0.39, 0.29) is 12.0 Å². The van der Waals surface area contributed by atoms with Gasteiger partial charge in [-0.25, -0.2) is 0 Å². The number of ether oxygens (including phenoxy) is 1. The van der Waals surface area contributed by atoms with Crippen LogP contribution in [0, 0.1) is 5.92 Å². The monoisotopic (exact) mass is 273 g/mol. The minimum atomic E-state index is -0.166. The van der Waals surface area contributed by atoms with Gasteiger partial charge in [0.15, 0.2) is 0 Å². The van der Waals surface area contributed by atoms with Gasteiger partial charge >= 0.3 is 0 Å². The van der Waals surface area contributed by atoms with Gasteiger partial charge in [-0.05, 0) is 48.1 Å². The molecule has 20 heavy (non-hydrogen) atoms. The molecular formula is C16H19NO3. The highest BCUT2D eigenvalue weighted by Gasteiger charge is 2.26. The van der Waals surface area contributed by atoms with E-state index in [4.69, 9.17) is 4.74 Å². The predicted octanol–water partition coefficient (Wildman–Crippen LogP) is 1.52. The molecule has 0 saturated heterocycles. The second-order valence-corrected chi connectivity index (χ2v) is 5.54. The van der Waals surface area contributed by atoms with Crippen molar-refractivity contribution in [1.29, 1.82) is 0 Å². The van der Waals surface area contributed by atoms with Gasteiger partial charge in [0, 0.05) is 19.0 Å². The van der Waals surface area contributed by atoms with Crippen molar-refractivity contribution in [3.05, 3.63) is 35.4 Å². The quantitative estimate of drug-likeness (QED) is 0.818. The zero-order valence-corrected chi connectivity index (χ0v) is 11.3. The Kier molecular flexibility index (Phi) is 3.74. The molecule has 106 valence electrons. The van der Waals surface area contributed by atoms with Crippen LogP contribution in [-0.4, -0.2) is 30.3 Å². The summed E-state index contributed by atoms with van der Waals surface area (Å²) in [6.07, 6.45) is 5.76. The third-order valence-corrected chi connectivity index (χ3v) is 3.92. The van der Waals surface area contributed by atoms with Crippen LogP contribution in [0.4, 0.5) is 0 Å². The minimum Gasteiger partial charge on any atom is -0.493 e. The molecule has 0 bridgehead atoms. The van der Waals surface area contributed by atoms with Gasteiger partial charge in [-0.15, -0.1) is 0 Å². The smallest absolute Gasteiger partial charge is 0.244 e. The molecule has 4 heteroatoms. The van der Waals surface area contributed by atoms with Crippen LogP contribution in [0.2, 0.25) is 0 Å². The molecule has 1 aromatic rings. The van der Waals surface area contributed by atoms with Crippen LogP contribution in [0.15, 0.2) is 24.3 Å². The van der Waals surface area contributed by atoms with E-state index in [9.17, 15) is 9.90 Å². The molecule has 0 spiro atoms. The number of rotatable bonds is 4. The average molecular weight is 273 g/mol. The maximum Gasteiger partial charge on any atom is 0.244 e. The van der Waals surface area contributed by atoms with Crippen LogP contribution in [0.1, 0.15) is 24.0 Å². The van der Waals surface area contributed by atoms with Crippen molar-refractivity contribution in [1.82, 2.24) is 5.32 Å². The fourth-order valence-electron chi connectivity index (χ4n) is 2.65. The van der Waals surface area contributed by atoms with E-state index >= 15 is 0 Å². The summed E-state index contributed by atoms with van der Waals surface area (Å²) in [5.74, 6) is 1.30. The normalized spacial score (nSPS) is 24.1. The molecule has 1 aliphatic heterocycles. The molecule has 1 saturated carbocycles. The van der Waals surface area contributed by atoms with Gasteiger partial charge in [0.05, 0.1) is 12.7 Å². The van der Waals surface area contributed by atoms with Gasteiger partial charge < -0.3 is 15.2 Å². The molecule has 1 aliphatic carbocycles. The Morgan fingerprint density at radius 1 is 1.45 bits per heavy atom.